The first-order valence-electron chi connectivity index (χ1n) is 7.25. The van der Waals surface area contributed by atoms with Gasteiger partial charge in [-0.25, -0.2) is 4.98 Å². The third-order valence-electron chi connectivity index (χ3n) is 3.00. The zero-order valence-corrected chi connectivity index (χ0v) is 13.7. The highest BCUT2D eigenvalue weighted by atomic mass is 32.1. The van der Waals surface area contributed by atoms with Crippen molar-refractivity contribution in [2.24, 2.45) is 0 Å². The predicted octanol–water partition coefficient (Wildman–Crippen LogP) is 2.09. The number of methoxy groups -OCH3 is 1. The number of hydrogen-bond acceptors (Lipinski definition) is 5. The molecule has 6 nitrogen and oxygen atoms in total. The number of carbonyl (C=O) groups excluding carboxylic acids is 2. The van der Waals surface area contributed by atoms with Crippen LogP contribution in [0.3, 0.4) is 0 Å². The normalized spacial score (nSPS) is 10.3. The molecule has 0 aliphatic heterocycles. The van der Waals surface area contributed by atoms with Crippen molar-refractivity contribution in [2.45, 2.75) is 12.8 Å². The van der Waals surface area contributed by atoms with Crippen LogP contribution >= 0.6 is 11.3 Å². The molecule has 2 aromatic rings. The number of aromatic nitrogens is 1. The Labute approximate surface area is 138 Å². The van der Waals surface area contributed by atoms with E-state index in [1.54, 1.807) is 12.5 Å². The molecule has 122 valence electrons. The van der Waals surface area contributed by atoms with Crippen LogP contribution in [0.5, 0.6) is 0 Å². The van der Waals surface area contributed by atoms with E-state index in [9.17, 15) is 9.59 Å². The summed E-state index contributed by atoms with van der Waals surface area (Å²) in [5, 5.41) is 7.52. The molecule has 7 heteroatoms. The smallest absolute Gasteiger partial charge is 0.270 e. The lowest BCUT2D eigenvalue weighted by Gasteiger charge is -2.03. The third-order valence-corrected chi connectivity index (χ3v) is 3.76. The lowest BCUT2D eigenvalue weighted by molar-refractivity contribution is -0.115. The molecule has 0 bridgehead atoms. The van der Waals surface area contributed by atoms with Crippen LogP contribution in [-0.2, 0) is 16.0 Å². The van der Waals surface area contributed by atoms with Gasteiger partial charge in [-0.1, -0.05) is 30.3 Å². The Hall–Kier alpha value is -2.25. The van der Waals surface area contributed by atoms with Gasteiger partial charge in [-0.3, -0.25) is 9.59 Å². The van der Waals surface area contributed by atoms with E-state index in [4.69, 9.17) is 4.74 Å². The number of nitrogens with zero attached hydrogens (tertiary/aromatic N) is 1. The zero-order chi connectivity index (χ0) is 16.5. The van der Waals surface area contributed by atoms with E-state index in [1.165, 1.54) is 11.3 Å². The molecule has 0 aliphatic carbocycles. The third kappa shape index (κ3) is 5.80. The second-order valence-corrected chi connectivity index (χ2v) is 5.71. The fourth-order valence-corrected chi connectivity index (χ4v) is 2.60. The Morgan fingerprint density at radius 1 is 1.26 bits per heavy atom. The first kappa shape index (κ1) is 17.1. The first-order valence-corrected chi connectivity index (χ1v) is 8.13. The summed E-state index contributed by atoms with van der Waals surface area (Å²) < 4.78 is 4.91. The van der Waals surface area contributed by atoms with Crippen LogP contribution in [0.25, 0.3) is 0 Å². The van der Waals surface area contributed by atoms with E-state index in [2.05, 4.69) is 15.6 Å². The van der Waals surface area contributed by atoms with Crippen molar-refractivity contribution >= 4 is 28.3 Å². The Kier molecular flexibility index (Phi) is 6.71. The molecule has 0 saturated carbocycles. The minimum Gasteiger partial charge on any atom is -0.385 e. The molecule has 23 heavy (non-hydrogen) atoms. The van der Waals surface area contributed by atoms with Crippen LogP contribution in [0.4, 0.5) is 5.13 Å². The second-order valence-electron chi connectivity index (χ2n) is 4.85. The lowest BCUT2D eigenvalue weighted by atomic mass is 10.1. The van der Waals surface area contributed by atoms with Gasteiger partial charge in [0.1, 0.15) is 5.69 Å². The number of nitrogens with one attached hydrogen (secondary N) is 2. The highest BCUT2D eigenvalue weighted by Gasteiger charge is 2.12. The van der Waals surface area contributed by atoms with Crippen molar-refractivity contribution in [3.05, 3.63) is 47.0 Å². The Balaban J connectivity index is 1.82. The number of amides is 2. The van der Waals surface area contributed by atoms with E-state index in [0.29, 0.717) is 24.0 Å². The summed E-state index contributed by atoms with van der Waals surface area (Å²) in [7, 11) is 1.62. The topological polar surface area (TPSA) is 80.3 Å². The quantitative estimate of drug-likeness (QED) is 0.725. The zero-order valence-electron chi connectivity index (χ0n) is 12.9. The SMILES string of the molecule is COCCCNC(=O)c1csc(NC(=O)Cc2ccccc2)n1. The molecule has 1 aromatic carbocycles. The summed E-state index contributed by atoms with van der Waals surface area (Å²) in [4.78, 5) is 28.0. The van der Waals surface area contributed by atoms with E-state index in [1.807, 2.05) is 30.3 Å². The molecule has 2 amide bonds. The van der Waals surface area contributed by atoms with Gasteiger partial charge in [0.15, 0.2) is 5.13 Å². The molecule has 0 spiro atoms. The Morgan fingerprint density at radius 2 is 2.04 bits per heavy atom. The Morgan fingerprint density at radius 3 is 2.78 bits per heavy atom. The summed E-state index contributed by atoms with van der Waals surface area (Å²) in [6.07, 6.45) is 1.02. The monoisotopic (exact) mass is 333 g/mol. The van der Waals surface area contributed by atoms with Gasteiger partial charge < -0.3 is 15.4 Å². The van der Waals surface area contributed by atoms with Gasteiger partial charge in [0.25, 0.3) is 5.91 Å². The van der Waals surface area contributed by atoms with Gasteiger partial charge >= 0.3 is 0 Å². The highest BCUT2D eigenvalue weighted by molar-refractivity contribution is 7.14. The number of rotatable bonds is 8. The van der Waals surface area contributed by atoms with Gasteiger partial charge in [-0.05, 0) is 12.0 Å². The number of hydrogen-bond donors (Lipinski definition) is 2. The van der Waals surface area contributed by atoms with Crippen LogP contribution in [0.1, 0.15) is 22.5 Å². The van der Waals surface area contributed by atoms with Crippen molar-refractivity contribution < 1.29 is 14.3 Å². The fraction of sp³-hybridized carbons (Fsp3) is 0.312. The number of anilines is 1. The molecule has 0 fully saturated rings. The van der Waals surface area contributed by atoms with Crippen molar-refractivity contribution in [1.82, 2.24) is 10.3 Å². The number of carbonyl (C=O) groups is 2. The summed E-state index contributed by atoms with van der Waals surface area (Å²) in [6.45, 7) is 1.12. The van der Waals surface area contributed by atoms with Gasteiger partial charge in [-0.15, -0.1) is 11.3 Å². The Bertz CT molecular complexity index is 643. The summed E-state index contributed by atoms with van der Waals surface area (Å²) in [5.74, 6) is -0.404. The maximum Gasteiger partial charge on any atom is 0.270 e. The summed E-state index contributed by atoms with van der Waals surface area (Å²) in [6, 6.07) is 9.45. The first-order chi connectivity index (χ1) is 11.2. The molecule has 0 unspecified atom stereocenters. The number of thiazole rings is 1. The van der Waals surface area contributed by atoms with Crippen LogP contribution in [0.2, 0.25) is 0 Å². The molecule has 1 heterocycles. The molecule has 0 saturated heterocycles. The summed E-state index contributed by atoms with van der Waals surface area (Å²) in [5.41, 5.74) is 1.24. The molecule has 0 radical (unpaired) electrons. The van der Waals surface area contributed by atoms with E-state index in [-0.39, 0.29) is 18.2 Å². The minimum absolute atomic E-state index is 0.155. The van der Waals surface area contributed by atoms with Gasteiger partial charge in [0.05, 0.1) is 6.42 Å². The van der Waals surface area contributed by atoms with Crippen LogP contribution < -0.4 is 10.6 Å². The van der Waals surface area contributed by atoms with E-state index in [0.717, 1.165) is 12.0 Å². The summed E-state index contributed by atoms with van der Waals surface area (Å²) >= 11 is 1.23. The van der Waals surface area contributed by atoms with E-state index >= 15 is 0 Å². The van der Waals surface area contributed by atoms with Gasteiger partial charge in [-0.2, -0.15) is 0 Å². The lowest BCUT2D eigenvalue weighted by Crippen LogP contribution is -2.25. The average Bonchev–Trinajstić information content (AvgIpc) is 3.00. The molecule has 1 aromatic heterocycles. The van der Waals surface area contributed by atoms with Crippen LogP contribution in [0.15, 0.2) is 35.7 Å². The van der Waals surface area contributed by atoms with Crippen LogP contribution in [-0.4, -0.2) is 37.1 Å². The standard InChI is InChI=1S/C16H19N3O3S/c1-22-9-5-8-17-15(21)13-11-23-16(18-13)19-14(20)10-12-6-3-2-4-7-12/h2-4,6-7,11H,5,8-10H2,1H3,(H,17,21)(H,18,19,20). The molecular formula is C16H19N3O3S. The van der Waals surface area contributed by atoms with Crippen molar-refractivity contribution in [3.63, 3.8) is 0 Å². The fourth-order valence-electron chi connectivity index (χ4n) is 1.89. The van der Waals surface area contributed by atoms with Gasteiger partial charge in [0.2, 0.25) is 5.91 Å². The second kappa shape index (κ2) is 9.02. The molecule has 0 atom stereocenters. The van der Waals surface area contributed by atoms with Crippen LogP contribution in [0, 0.1) is 0 Å². The van der Waals surface area contributed by atoms with Gasteiger partial charge in [0, 0.05) is 25.6 Å². The van der Waals surface area contributed by atoms with E-state index < -0.39 is 0 Å². The van der Waals surface area contributed by atoms with Crippen molar-refractivity contribution in [3.8, 4) is 0 Å². The maximum absolute atomic E-state index is 11.9. The number of ether oxygens (including phenoxy) is 1. The predicted molar refractivity (Wildman–Crippen MR) is 89.7 cm³/mol. The minimum atomic E-state index is -0.249. The molecule has 2 rings (SSSR count). The highest BCUT2D eigenvalue weighted by Crippen LogP contribution is 2.15. The molecule has 2 N–H and O–H groups in total. The molecular weight excluding hydrogens is 314 g/mol. The average molecular weight is 333 g/mol. The molecule has 0 aliphatic rings. The van der Waals surface area contributed by atoms with Crippen molar-refractivity contribution in [2.75, 3.05) is 25.6 Å². The van der Waals surface area contributed by atoms with Crippen molar-refractivity contribution in [1.29, 1.82) is 0 Å². The maximum atomic E-state index is 11.9. The largest absolute Gasteiger partial charge is 0.385 e. The number of benzene rings is 1.